The standard InChI is InChI=1S/C5H10O4S/c6-2-1-10-5(9)4(8)3(2)7/h2-9H,1H2/t2-,3-,4+,5?/m1/s1. The highest BCUT2D eigenvalue weighted by Crippen LogP contribution is 2.23. The Bertz CT molecular complexity index is 106. The minimum absolute atomic E-state index is 0.263. The van der Waals surface area contributed by atoms with Crippen LogP contribution in [-0.4, -0.2) is 49.9 Å². The molecule has 1 heterocycles. The van der Waals surface area contributed by atoms with Crippen molar-refractivity contribution in [2.45, 2.75) is 23.7 Å². The van der Waals surface area contributed by atoms with E-state index in [9.17, 15) is 0 Å². The largest absolute Gasteiger partial charge is 0.389 e. The molecule has 4 atom stereocenters. The van der Waals surface area contributed by atoms with Gasteiger partial charge in [-0.25, -0.2) is 0 Å². The van der Waals surface area contributed by atoms with Crippen molar-refractivity contribution in [2.24, 2.45) is 0 Å². The first-order valence-corrected chi connectivity index (χ1v) is 4.01. The van der Waals surface area contributed by atoms with Gasteiger partial charge < -0.3 is 20.4 Å². The van der Waals surface area contributed by atoms with Crippen molar-refractivity contribution in [1.82, 2.24) is 0 Å². The first-order valence-electron chi connectivity index (χ1n) is 2.97. The van der Waals surface area contributed by atoms with Crippen LogP contribution in [-0.2, 0) is 0 Å². The summed E-state index contributed by atoms with van der Waals surface area (Å²) in [6, 6.07) is 0. The summed E-state index contributed by atoms with van der Waals surface area (Å²) in [7, 11) is 0. The van der Waals surface area contributed by atoms with Crippen LogP contribution in [0.15, 0.2) is 0 Å². The van der Waals surface area contributed by atoms with Gasteiger partial charge >= 0.3 is 0 Å². The van der Waals surface area contributed by atoms with E-state index in [-0.39, 0.29) is 5.75 Å². The second kappa shape index (κ2) is 3.06. The van der Waals surface area contributed by atoms with E-state index in [1.165, 1.54) is 0 Å². The minimum Gasteiger partial charge on any atom is -0.389 e. The topological polar surface area (TPSA) is 80.9 Å². The number of aliphatic hydroxyl groups is 4. The average molecular weight is 166 g/mol. The molecule has 0 spiro atoms. The summed E-state index contributed by atoms with van der Waals surface area (Å²) in [6.07, 6.45) is -3.37. The third kappa shape index (κ3) is 1.43. The van der Waals surface area contributed by atoms with E-state index in [1.54, 1.807) is 0 Å². The van der Waals surface area contributed by atoms with E-state index < -0.39 is 23.7 Å². The van der Waals surface area contributed by atoms with Crippen LogP contribution < -0.4 is 0 Å². The molecule has 0 radical (unpaired) electrons. The number of rotatable bonds is 0. The van der Waals surface area contributed by atoms with Crippen LogP contribution in [0.4, 0.5) is 0 Å². The predicted molar refractivity (Wildman–Crippen MR) is 36.5 cm³/mol. The Labute approximate surface area is 62.5 Å². The molecule has 0 aromatic carbocycles. The molecule has 5 heteroatoms. The van der Waals surface area contributed by atoms with Crippen LogP contribution in [0.3, 0.4) is 0 Å². The molecular formula is C5H10O4S. The second-order valence-corrected chi connectivity index (χ2v) is 3.42. The van der Waals surface area contributed by atoms with Gasteiger partial charge in [-0.3, -0.25) is 0 Å². The maximum absolute atomic E-state index is 8.94. The van der Waals surface area contributed by atoms with Crippen LogP contribution in [0.1, 0.15) is 0 Å². The lowest BCUT2D eigenvalue weighted by atomic mass is 10.1. The van der Waals surface area contributed by atoms with Crippen LogP contribution in [0.2, 0.25) is 0 Å². The van der Waals surface area contributed by atoms with Gasteiger partial charge in [0.1, 0.15) is 17.6 Å². The molecule has 0 bridgehead atoms. The fraction of sp³-hybridized carbons (Fsp3) is 1.00. The van der Waals surface area contributed by atoms with Crippen molar-refractivity contribution in [1.29, 1.82) is 0 Å². The molecule has 0 saturated carbocycles. The quantitative estimate of drug-likeness (QED) is 0.339. The molecule has 1 rings (SSSR count). The van der Waals surface area contributed by atoms with Crippen molar-refractivity contribution in [3.8, 4) is 0 Å². The van der Waals surface area contributed by atoms with E-state index in [2.05, 4.69) is 0 Å². The monoisotopic (exact) mass is 166 g/mol. The van der Waals surface area contributed by atoms with Crippen molar-refractivity contribution >= 4 is 11.8 Å². The van der Waals surface area contributed by atoms with E-state index in [1.807, 2.05) is 0 Å². The molecule has 0 aromatic heterocycles. The Morgan fingerprint density at radius 2 is 1.60 bits per heavy atom. The highest BCUT2D eigenvalue weighted by molar-refractivity contribution is 7.99. The van der Waals surface area contributed by atoms with Gasteiger partial charge in [0.15, 0.2) is 0 Å². The second-order valence-electron chi connectivity index (χ2n) is 2.27. The molecule has 0 aliphatic carbocycles. The van der Waals surface area contributed by atoms with E-state index in [0.29, 0.717) is 0 Å². The van der Waals surface area contributed by atoms with Gasteiger partial charge in [0, 0.05) is 5.75 Å². The molecule has 1 saturated heterocycles. The van der Waals surface area contributed by atoms with Gasteiger partial charge in [0.2, 0.25) is 0 Å². The number of thioether (sulfide) groups is 1. The van der Waals surface area contributed by atoms with E-state index in [0.717, 1.165) is 11.8 Å². The maximum Gasteiger partial charge on any atom is 0.128 e. The molecule has 4 N–H and O–H groups in total. The molecule has 0 aromatic rings. The number of hydrogen-bond donors (Lipinski definition) is 4. The molecule has 1 unspecified atom stereocenters. The lowest BCUT2D eigenvalue weighted by Crippen LogP contribution is -2.48. The Morgan fingerprint density at radius 1 is 1.00 bits per heavy atom. The smallest absolute Gasteiger partial charge is 0.128 e. The first-order chi connectivity index (χ1) is 4.63. The zero-order valence-electron chi connectivity index (χ0n) is 5.21. The highest BCUT2D eigenvalue weighted by atomic mass is 32.2. The van der Waals surface area contributed by atoms with Crippen molar-refractivity contribution in [2.75, 3.05) is 5.75 Å². The summed E-state index contributed by atoms with van der Waals surface area (Å²) in [4.78, 5) is 0. The van der Waals surface area contributed by atoms with E-state index >= 15 is 0 Å². The zero-order valence-corrected chi connectivity index (χ0v) is 6.03. The van der Waals surface area contributed by atoms with Gasteiger partial charge in [0.05, 0.1) is 6.10 Å². The van der Waals surface area contributed by atoms with Gasteiger partial charge in [0.25, 0.3) is 0 Å². The zero-order chi connectivity index (χ0) is 7.72. The Morgan fingerprint density at radius 3 is 2.10 bits per heavy atom. The molecule has 1 aliphatic heterocycles. The van der Waals surface area contributed by atoms with Crippen LogP contribution >= 0.6 is 11.8 Å². The molecular weight excluding hydrogens is 156 g/mol. The summed E-state index contributed by atoms with van der Waals surface area (Å²) in [5.41, 5.74) is -0.974. The molecule has 60 valence electrons. The fourth-order valence-electron chi connectivity index (χ4n) is 0.791. The Hall–Kier alpha value is 0.190. The van der Waals surface area contributed by atoms with Gasteiger partial charge in [-0.1, -0.05) is 0 Å². The average Bonchev–Trinajstić information content (AvgIpc) is 1.93. The third-order valence-corrected chi connectivity index (χ3v) is 2.63. The predicted octanol–water partition coefficient (Wildman–Crippen LogP) is -1.87. The minimum atomic E-state index is -1.23. The molecule has 4 nitrogen and oxygen atoms in total. The van der Waals surface area contributed by atoms with Crippen LogP contribution in [0.25, 0.3) is 0 Å². The van der Waals surface area contributed by atoms with Crippen molar-refractivity contribution in [3.05, 3.63) is 0 Å². The first kappa shape index (κ1) is 8.29. The van der Waals surface area contributed by atoms with Crippen molar-refractivity contribution < 1.29 is 20.4 Å². The SMILES string of the molecule is OC1SC[C@@H](O)[C@@H](O)[C@@H]1O. The summed E-state index contributed by atoms with van der Waals surface area (Å²) in [6.45, 7) is 0. The number of hydrogen-bond acceptors (Lipinski definition) is 5. The van der Waals surface area contributed by atoms with Crippen LogP contribution in [0.5, 0.6) is 0 Å². The number of aliphatic hydroxyl groups excluding tert-OH is 4. The molecule has 1 aliphatic rings. The van der Waals surface area contributed by atoms with Gasteiger partial charge in [-0.05, 0) is 0 Å². The molecule has 0 amide bonds. The summed E-state index contributed by atoms with van der Waals surface area (Å²) in [5.74, 6) is 0.263. The highest BCUT2D eigenvalue weighted by Gasteiger charge is 2.35. The van der Waals surface area contributed by atoms with Crippen LogP contribution in [0, 0.1) is 0 Å². The summed E-state index contributed by atoms with van der Waals surface area (Å²) in [5, 5.41) is 35.7. The van der Waals surface area contributed by atoms with Crippen molar-refractivity contribution in [3.63, 3.8) is 0 Å². The van der Waals surface area contributed by atoms with Gasteiger partial charge in [-0.15, -0.1) is 11.8 Å². The Balaban J connectivity index is 2.52. The maximum atomic E-state index is 8.94. The normalized spacial score (nSPS) is 49.2. The van der Waals surface area contributed by atoms with E-state index in [4.69, 9.17) is 20.4 Å². The molecule has 10 heavy (non-hydrogen) atoms. The Kier molecular flexibility index (Phi) is 2.54. The summed E-state index contributed by atoms with van der Waals surface area (Å²) >= 11 is 1.03. The lowest BCUT2D eigenvalue weighted by Gasteiger charge is -2.31. The molecule has 1 fully saturated rings. The fourth-order valence-corrected chi connectivity index (χ4v) is 1.74. The van der Waals surface area contributed by atoms with Gasteiger partial charge in [-0.2, -0.15) is 0 Å². The third-order valence-electron chi connectivity index (χ3n) is 1.47. The summed E-state index contributed by atoms with van der Waals surface area (Å²) < 4.78 is 0. The lowest BCUT2D eigenvalue weighted by molar-refractivity contribution is -0.0834.